The zero-order valence-corrected chi connectivity index (χ0v) is 12.7. The van der Waals surface area contributed by atoms with Crippen LogP contribution in [0.15, 0.2) is 29.2 Å². The van der Waals surface area contributed by atoms with Gasteiger partial charge in [0, 0.05) is 19.1 Å². The molecule has 1 atom stereocenters. The predicted molar refractivity (Wildman–Crippen MR) is 78.5 cm³/mol. The molecular weight excluding hydrogens is 298 g/mol. The van der Waals surface area contributed by atoms with Crippen LogP contribution in [0.5, 0.6) is 0 Å². The Labute approximate surface area is 124 Å². The zero-order chi connectivity index (χ0) is 15.5. The molecule has 1 aliphatic rings. The molecule has 0 aliphatic carbocycles. The first-order valence-electron chi connectivity index (χ1n) is 7.06. The molecule has 0 radical (unpaired) electrons. The lowest BCUT2D eigenvalue weighted by Gasteiger charge is -2.28. The Morgan fingerprint density at radius 1 is 1.38 bits per heavy atom. The summed E-state index contributed by atoms with van der Waals surface area (Å²) in [6.45, 7) is 4.01. The Morgan fingerprint density at radius 2 is 2.10 bits per heavy atom. The van der Waals surface area contributed by atoms with E-state index in [9.17, 15) is 17.2 Å². The van der Waals surface area contributed by atoms with Gasteiger partial charge >= 0.3 is 5.76 Å². The molecule has 1 unspecified atom stereocenters. The van der Waals surface area contributed by atoms with E-state index in [4.69, 9.17) is 0 Å². The molecule has 118 valence electrons. The zero-order valence-electron chi connectivity index (χ0n) is 11.9. The minimum Gasteiger partial charge on any atom is -0.369 e. The number of hydrogen-bond acceptors (Lipinski definition) is 4. The number of hydrogen-bond donors (Lipinski definition) is 1. The topological polar surface area (TPSA) is 49.4 Å². The number of halogens is 2. The van der Waals surface area contributed by atoms with Crippen molar-refractivity contribution in [2.45, 2.75) is 36.5 Å². The highest BCUT2D eigenvalue weighted by Gasteiger charge is 2.30. The van der Waals surface area contributed by atoms with E-state index in [1.165, 1.54) is 12.1 Å². The highest BCUT2D eigenvalue weighted by molar-refractivity contribution is 7.91. The lowest BCUT2D eigenvalue weighted by molar-refractivity contribution is 0.235. The Kier molecular flexibility index (Phi) is 5.16. The fraction of sp³-hybridized carbons (Fsp3) is 0.571. The molecule has 2 rings (SSSR count). The van der Waals surface area contributed by atoms with Crippen LogP contribution in [0.25, 0.3) is 0 Å². The molecule has 0 bridgehead atoms. The maximum Gasteiger partial charge on any atom is 0.341 e. The molecule has 1 heterocycles. The van der Waals surface area contributed by atoms with Crippen LogP contribution in [0.2, 0.25) is 0 Å². The third-order valence-electron chi connectivity index (χ3n) is 3.73. The van der Waals surface area contributed by atoms with E-state index in [2.05, 4.69) is 5.32 Å². The quantitative estimate of drug-likeness (QED) is 0.874. The summed E-state index contributed by atoms with van der Waals surface area (Å²) in [6, 6.07) is 6.26. The Bertz CT molecular complexity index is 572. The number of alkyl halides is 2. The number of sulfone groups is 1. The van der Waals surface area contributed by atoms with Crippen LogP contribution in [0, 0.1) is 0 Å². The number of likely N-dealkylation sites (N-methyl/N-ethyl adjacent to an activating group) is 1. The molecule has 1 N–H and O–H groups in total. The molecule has 1 aromatic rings. The second-order valence-electron chi connectivity index (χ2n) is 5.11. The molecule has 0 amide bonds. The number of para-hydroxylation sites is 1. The molecule has 7 heteroatoms. The van der Waals surface area contributed by atoms with Crippen LogP contribution in [0.1, 0.15) is 19.8 Å². The van der Waals surface area contributed by atoms with Crippen molar-refractivity contribution in [3.63, 3.8) is 0 Å². The predicted octanol–water partition coefficient (Wildman–Crippen LogP) is 2.26. The minimum absolute atomic E-state index is 0.271. The third kappa shape index (κ3) is 3.52. The van der Waals surface area contributed by atoms with Gasteiger partial charge in [0.05, 0.1) is 10.6 Å². The molecule has 1 aromatic carbocycles. The van der Waals surface area contributed by atoms with Crippen LogP contribution < -0.4 is 10.2 Å². The minimum atomic E-state index is -4.59. The summed E-state index contributed by atoms with van der Waals surface area (Å²) in [5, 5.41) is 3.33. The molecule has 0 saturated carbocycles. The number of nitrogens with zero attached hydrogens (tertiary/aromatic N) is 1. The molecular formula is C14H20F2N2O2S. The van der Waals surface area contributed by atoms with Crippen molar-refractivity contribution in [2.24, 2.45) is 0 Å². The third-order valence-corrected chi connectivity index (χ3v) is 5.16. The van der Waals surface area contributed by atoms with E-state index in [1.54, 1.807) is 12.1 Å². The van der Waals surface area contributed by atoms with Crippen molar-refractivity contribution < 1.29 is 17.2 Å². The number of nitrogens with one attached hydrogen (secondary N) is 1. The second-order valence-corrected chi connectivity index (χ2v) is 6.99. The maximum atomic E-state index is 12.8. The van der Waals surface area contributed by atoms with Crippen molar-refractivity contribution in [3.8, 4) is 0 Å². The van der Waals surface area contributed by atoms with E-state index >= 15 is 0 Å². The van der Waals surface area contributed by atoms with Gasteiger partial charge in [0.2, 0.25) is 9.84 Å². The van der Waals surface area contributed by atoms with Gasteiger partial charge in [0.15, 0.2) is 0 Å². The monoisotopic (exact) mass is 318 g/mol. The van der Waals surface area contributed by atoms with Crippen molar-refractivity contribution in [1.29, 1.82) is 0 Å². The fourth-order valence-corrected chi connectivity index (χ4v) is 3.58. The summed E-state index contributed by atoms with van der Waals surface area (Å²) in [5.74, 6) is -3.40. The Balaban J connectivity index is 2.33. The molecule has 4 nitrogen and oxygen atoms in total. The van der Waals surface area contributed by atoms with Crippen molar-refractivity contribution in [2.75, 3.05) is 24.5 Å². The van der Waals surface area contributed by atoms with Gasteiger partial charge in [-0.3, -0.25) is 0 Å². The number of rotatable bonds is 6. The SMILES string of the molecule is CCN(CC1CCCN1)c1ccccc1S(=O)(=O)C(F)F. The molecule has 1 saturated heterocycles. The normalized spacial score (nSPS) is 19.1. The maximum absolute atomic E-state index is 12.8. The smallest absolute Gasteiger partial charge is 0.341 e. The largest absolute Gasteiger partial charge is 0.369 e. The lowest BCUT2D eigenvalue weighted by Crippen LogP contribution is -2.38. The average molecular weight is 318 g/mol. The van der Waals surface area contributed by atoms with Crippen molar-refractivity contribution >= 4 is 15.5 Å². The van der Waals surface area contributed by atoms with E-state index in [1.807, 2.05) is 11.8 Å². The molecule has 21 heavy (non-hydrogen) atoms. The van der Waals surface area contributed by atoms with Gasteiger partial charge in [-0.05, 0) is 38.4 Å². The van der Waals surface area contributed by atoms with Gasteiger partial charge < -0.3 is 10.2 Å². The Hall–Kier alpha value is -1.21. The van der Waals surface area contributed by atoms with E-state index in [0.717, 1.165) is 19.4 Å². The molecule has 0 aromatic heterocycles. The lowest BCUT2D eigenvalue weighted by atomic mass is 10.2. The summed E-state index contributed by atoms with van der Waals surface area (Å²) >= 11 is 0. The summed E-state index contributed by atoms with van der Waals surface area (Å²) in [5.41, 5.74) is 0.356. The van der Waals surface area contributed by atoms with Gasteiger partial charge in [-0.15, -0.1) is 0 Å². The van der Waals surface area contributed by atoms with Crippen LogP contribution in [-0.4, -0.2) is 39.9 Å². The van der Waals surface area contributed by atoms with Gasteiger partial charge in [-0.25, -0.2) is 8.42 Å². The number of anilines is 1. The van der Waals surface area contributed by atoms with Crippen LogP contribution in [-0.2, 0) is 9.84 Å². The van der Waals surface area contributed by atoms with E-state index in [-0.39, 0.29) is 10.9 Å². The van der Waals surface area contributed by atoms with Crippen molar-refractivity contribution in [1.82, 2.24) is 5.32 Å². The van der Waals surface area contributed by atoms with Gasteiger partial charge in [-0.1, -0.05) is 12.1 Å². The standard InChI is InChI=1S/C14H20F2N2O2S/c1-2-18(10-11-6-5-9-17-11)12-7-3-4-8-13(12)21(19,20)14(15)16/h3-4,7-8,11,14,17H,2,5-6,9-10H2,1H3. The fourth-order valence-electron chi connectivity index (χ4n) is 2.63. The molecule has 1 aliphatic heterocycles. The summed E-state index contributed by atoms with van der Waals surface area (Å²) in [7, 11) is -4.59. The first-order valence-corrected chi connectivity index (χ1v) is 8.61. The van der Waals surface area contributed by atoms with Crippen LogP contribution >= 0.6 is 0 Å². The summed E-state index contributed by atoms with van der Waals surface area (Å²) in [4.78, 5) is 1.55. The first-order chi connectivity index (χ1) is 9.96. The van der Waals surface area contributed by atoms with Gasteiger partial charge in [-0.2, -0.15) is 8.78 Å². The highest BCUT2D eigenvalue weighted by Crippen LogP contribution is 2.29. The van der Waals surface area contributed by atoms with E-state index < -0.39 is 15.6 Å². The van der Waals surface area contributed by atoms with E-state index in [0.29, 0.717) is 18.8 Å². The van der Waals surface area contributed by atoms with Gasteiger partial charge in [0.25, 0.3) is 0 Å². The Morgan fingerprint density at radius 3 is 2.67 bits per heavy atom. The van der Waals surface area contributed by atoms with Crippen molar-refractivity contribution in [3.05, 3.63) is 24.3 Å². The van der Waals surface area contributed by atoms with Crippen LogP contribution in [0.3, 0.4) is 0 Å². The van der Waals surface area contributed by atoms with Crippen LogP contribution in [0.4, 0.5) is 14.5 Å². The highest BCUT2D eigenvalue weighted by atomic mass is 32.2. The molecule has 0 spiro atoms. The average Bonchev–Trinajstić information content (AvgIpc) is 2.97. The number of benzene rings is 1. The summed E-state index contributed by atoms with van der Waals surface area (Å²) in [6.07, 6.45) is 2.10. The summed E-state index contributed by atoms with van der Waals surface area (Å²) < 4.78 is 49.3. The second kappa shape index (κ2) is 6.70. The van der Waals surface area contributed by atoms with Gasteiger partial charge in [0.1, 0.15) is 0 Å². The first kappa shape index (κ1) is 16.2. The molecule has 1 fully saturated rings.